The van der Waals surface area contributed by atoms with E-state index < -0.39 is 5.41 Å². The van der Waals surface area contributed by atoms with Crippen LogP contribution in [0.4, 0.5) is 0 Å². The second-order valence-electron chi connectivity index (χ2n) is 8.82. The van der Waals surface area contributed by atoms with E-state index in [2.05, 4.69) is 11.4 Å². The van der Waals surface area contributed by atoms with Crippen molar-refractivity contribution in [1.82, 2.24) is 9.88 Å². The van der Waals surface area contributed by atoms with Gasteiger partial charge in [0, 0.05) is 22.9 Å². The molecule has 0 aromatic carbocycles. The molecule has 2 aromatic rings. The normalized spacial score (nSPS) is 15.8. The van der Waals surface area contributed by atoms with Gasteiger partial charge in [0.05, 0.1) is 4.53 Å². The summed E-state index contributed by atoms with van der Waals surface area (Å²) >= 11 is 2.79. The molecule has 0 fully saturated rings. The average Bonchev–Trinajstić information content (AvgIpc) is 3.32. The number of hydrogen-bond acceptors (Lipinski definition) is 5. The van der Waals surface area contributed by atoms with Gasteiger partial charge in [0.2, 0.25) is 5.91 Å². The third-order valence-corrected chi connectivity index (χ3v) is 7.08. The second-order valence-corrected chi connectivity index (χ2v) is 10.9. The van der Waals surface area contributed by atoms with Crippen molar-refractivity contribution in [2.24, 2.45) is 5.41 Å². The van der Waals surface area contributed by atoms with E-state index in [1.54, 1.807) is 0 Å². The number of carbonyl (C=O) groups is 2. The molecule has 0 unspecified atom stereocenters. The molecule has 31 heavy (non-hydrogen) atoms. The third-order valence-electron chi connectivity index (χ3n) is 5.20. The Labute approximate surface area is 190 Å². The van der Waals surface area contributed by atoms with Gasteiger partial charge in [0.15, 0.2) is 5.78 Å². The summed E-state index contributed by atoms with van der Waals surface area (Å²) in [5.74, 6) is -0.286. The zero-order chi connectivity index (χ0) is 22.4. The van der Waals surface area contributed by atoms with Gasteiger partial charge in [-0.1, -0.05) is 38.5 Å². The minimum atomic E-state index is -0.557. The van der Waals surface area contributed by atoms with Crippen LogP contribution < -0.4 is 20.1 Å². The maximum absolute atomic E-state index is 13.0. The summed E-state index contributed by atoms with van der Waals surface area (Å²) in [5, 5.41) is 4.88. The first-order valence-electron chi connectivity index (χ1n) is 10.7. The van der Waals surface area contributed by atoms with Crippen molar-refractivity contribution < 1.29 is 9.59 Å². The number of ketones is 1. The summed E-state index contributed by atoms with van der Waals surface area (Å²) in [6.07, 6.45) is 11.1. The maximum atomic E-state index is 13.0. The number of thiophene rings is 1. The Morgan fingerprint density at radius 2 is 2.06 bits per heavy atom. The van der Waals surface area contributed by atoms with Crippen molar-refractivity contribution in [2.75, 3.05) is 6.54 Å². The van der Waals surface area contributed by atoms with E-state index in [9.17, 15) is 14.4 Å². The first kappa shape index (κ1) is 23.4. The van der Waals surface area contributed by atoms with Gasteiger partial charge in [0.1, 0.15) is 11.2 Å². The van der Waals surface area contributed by atoms with E-state index in [1.165, 1.54) is 51.7 Å². The van der Waals surface area contributed by atoms with Crippen LogP contribution in [0.2, 0.25) is 0 Å². The number of nitrogens with zero attached hydrogens (tertiary/aromatic N) is 1. The highest BCUT2D eigenvalue weighted by atomic mass is 32.1. The lowest BCUT2D eigenvalue weighted by atomic mass is 9.91. The van der Waals surface area contributed by atoms with Gasteiger partial charge in [-0.3, -0.25) is 19.0 Å². The lowest BCUT2D eigenvalue weighted by Crippen LogP contribution is -2.39. The molecule has 5 nitrogen and oxygen atoms in total. The smallest absolute Gasteiger partial charge is 0.269 e. The van der Waals surface area contributed by atoms with Crippen molar-refractivity contribution >= 4 is 46.5 Å². The monoisotopic (exact) mass is 458 g/mol. The summed E-state index contributed by atoms with van der Waals surface area (Å²) < 4.78 is 2.46. The third kappa shape index (κ3) is 6.61. The Kier molecular flexibility index (Phi) is 7.84. The van der Waals surface area contributed by atoms with Crippen LogP contribution in [0.1, 0.15) is 57.8 Å². The highest BCUT2D eigenvalue weighted by Crippen LogP contribution is 2.19. The van der Waals surface area contributed by atoms with E-state index in [-0.39, 0.29) is 23.8 Å². The number of amides is 1. The van der Waals surface area contributed by atoms with E-state index in [1.807, 2.05) is 44.4 Å². The summed E-state index contributed by atoms with van der Waals surface area (Å²) in [4.78, 5) is 39.1. The van der Waals surface area contributed by atoms with Crippen LogP contribution in [0.5, 0.6) is 0 Å². The molecule has 1 aliphatic rings. The summed E-state index contributed by atoms with van der Waals surface area (Å²) in [6.45, 7) is 6.00. The minimum Gasteiger partial charge on any atom is -0.354 e. The van der Waals surface area contributed by atoms with Crippen LogP contribution in [0.15, 0.2) is 34.0 Å². The van der Waals surface area contributed by atoms with E-state index >= 15 is 0 Å². The molecule has 0 saturated carbocycles. The van der Waals surface area contributed by atoms with Gasteiger partial charge in [0.25, 0.3) is 5.56 Å². The van der Waals surface area contributed by atoms with Crippen molar-refractivity contribution in [2.45, 2.75) is 59.4 Å². The van der Waals surface area contributed by atoms with Gasteiger partial charge in [-0.25, -0.2) is 0 Å². The molecule has 1 amide bonds. The Balaban J connectivity index is 1.83. The largest absolute Gasteiger partial charge is 0.354 e. The van der Waals surface area contributed by atoms with E-state index in [0.717, 1.165) is 24.1 Å². The molecule has 3 rings (SSSR count). The molecule has 0 bridgehead atoms. The molecule has 2 heterocycles. The van der Waals surface area contributed by atoms with Crippen LogP contribution in [0.3, 0.4) is 0 Å². The van der Waals surface area contributed by atoms with Crippen molar-refractivity contribution in [3.8, 4) is 0 Å². The lowest BCUT2D eigenvalue weighted by molar-refractivity contribution is -0.122. The highest BCUT2D eigenvalue weighted by molar-refractivity contribution is 7.11. The first-order chi connectivity index (χ1) is 14.7. The van der Waals surface area contributed by atoms with Crippen LogP contribution in [0, 0.1) is 5.41 Å². The Bertz CT molecular complexity index is 1130. The number of aromatic nitrogens is 1. The predicted molar refractivity (Wildman–Crippen MR) is 129 cm³/mol. The molecule has 1 N–H and O–H groups in total. The second kappa shape index (κ2) is 10.4. The fourth-order valence-corrected chi connectivity index (χ4v) is 5.08. The van der Waals surface area contributed by atoms with Crippen LogP contribution >= 0.6 is 22.7 Å². The number of Topliss-reactive ketones (excluding diaryl/α,β-unsaturated/α-hetero) is 1. The Morgan fingerprint density at radius 3 is 2.71 bits per heavy atom. The zero-order valence-electron chi connectivity index (χ0n) is 18.4. The average molecular weight is 459 g/mol. The maximum Gasteiger partial charge on any atom is 0.269 e. The molecule has 2 aromatic heterocycles. The van der Waals surface area contributed by atoms with Gasteiger partial charge < -0.3 is 5.32 Å². The van der Waals surface area contributed by atoms with E-state index in [0.29, 0.717) is 15.7 Å². The van der Waals surface area contributed by atoms with Crippen LogP contribution in [-0.2, 0) is 16.1 Å². The van der Waals surface area contributed by atoms with Gasteiger partial charge in [-0.2, -0.15) is 0 Å². The molecule has 1 aliphatic carbocycles. The molecule has 0 saturated heterocycles. The highest BCUT2D eigenvalue weighted by Gasteiger charge is 2.20. The number of rotatable bonds is 7. The molecular weight excluding hydrogens is 428 g/mol. The van der Waals surface area contributed by atoms with Gasteiger partial charge >= 0.3 is 0 Å². The summed E-state index contributed by atoms with van der Waals surface area (Å²) in [6, 6.07) is 3.86. The Morgan fingerprint density at radius 1 is 1.26 bits per heavy atom. The topological polar surface area (TPSA) is 68.2 Å². The van der Waals surface area contributed by atoms with Gasteiger partial charge in [-0.05, 0) is 49.6 Å². The molecular formula is C24H30N2O3S2. The summed E-state index contributed by atoms with van der Waals surface area (Å²) in [5.41, 5.74) is 0.603. The Hall–Kier alpha value is -2.25. The number of hydrogen-bond donors (Lipinski definition) is 1. The molecule has 7 heteroatoms. The number of carbonyl (C=O) groups excluding carboxylic acids is 2. The number of allylic oxidation sites excluding steroid dienone is 1. The first-order valence-corrected chi connectivity index (χ1v) is 12.4. The van der Waals surface area contributed by atoms with Crippen molar-refractivity contribution in [1.29, 1.82) is 0 Å². The van der Waals surface area contributed by atoms with Crippen LogP contribution in [0.25, 0.3) is 12.2 Å². The quantitative estimate of drug-likeness (QED) is 0.648. The fraction of sp³-hybridized carbons (Fsp3) is 0.458. The van der Waals surface area contributed by atoms with Crippen molar-refractivity contribution in [3.63, 3.8) is 0 Å². The number of nitrogens with one attached hydrogen (secondary N) is 1. The SMILES string of the molecule is CC(C)(C)C(=O)/C=c1\s/c(=C/c2cccs2)c(=O)n1CC(=O)NCCC1=CCCCC1. The fourth-order valence-electron chi connectivity index (χ4n) is 3.32. The molecule has 0 atom stereocenters. The summed E-state index contributed by atoms with van der Waals surface area (Å²) in [7, 11) is 0. The molecule has 166 valence electrons. The molecule has 0 radical (unpaired) electrons. The lowest BCUT2D eigenvalue weighted by Gasteiger charge is -2.13. The predicted octanol–water partition coefficient (Wildman–Crippen LogP) is 3.20. The van der Waals surface area contributed by atoms with E-state index in [4.69, 9.17) is 0 Å². The van der Waals surface area contributed by atoms with Crippen molar-refractivity contribution in [3.05, 3.63) is 53.6 Å². The minimum absolute atomic E-state index is 0.0742. The molecule has 0 aliphatic heterocycles. The van der Waals surface area contributed by atoms with Crippen LogP contribution in [-0.4, -0.2) is 22.8 Å². The molecule has 0 spiro atoms. The zero-order valence-corrected chi connectivity index (χ0v) is 20.0. The van der Waals surface area contributed by atoms with Gasteiger partial charge in [-0.15, -0.1) is 22.7 Å². The standard InChI is InChI=1S/C24H30N2O3S2/c1-24(2,3)20(27)15-22-26(23(29)19(31-22)14-18-10-7-13-30-18)16-21(28)25-12-11-17-8-5-4-6-9-17/h7-8,10,13-15H,4-6,9,11-12,16H2,1-3H3,(H,25,28)/b19-14+,22-15-. The number of thiazole rings is 1.